The second-order valence-corrected chi connectivity index (χ2v) is 8.69. The van der Waals surface area contributed by atoms with Crippen LogP contribution in [0, 0.1) is 6.92 Å². The molecule has 0 amide bonds. The van der Waals surface area contributed by atoms with Gasteiger partial charge in [-0.15, -0.1) is 0 Å². The van der Waals surface area contributed by atoms with Gasteiger partial charge in [-0.25, -0.2) is 0 Å². The standard InChI is InChI=1S/C27H30N2O2/c1-19(2)25-9-4-5-10-27(25)31-24-11-12-26(22(15-24)18-30)21-13-14-29(16-21)17-23-8-6-7-20(3)28-23/h4-12,15,18-19,21H,13-14,16-17H2,1-3H3. The van der Waals surface area contributed by atoms with Gasteiger partial charge in [-0.2, -0.15) is 0 Å². The van der Waals surface area contributed by atoms with Gasteiger partial charge in [-0.05, 0) is 73.2 Å². The summed E-state index contributed by atoms with van der Waals surface area (Å²) in [6.45, 7) is 9.13. The van der Waals surface area contributed by atoms with Gasteiger partial charge in [-0.1, -0.05) is 44.2 Å². The van der Waals surface area contributed by atoms with Crippen molar-refractivity contribution in [3.63, 3.8) is 0 Å². The van der Waals surface area contributed by atoms with E-state index in [0.29, 0.717) is 17.6 Å². The van der Waals surface area contributed by atoms with Crippen LogP contribution in [0.2, 0.25) is 0 Å². The highest BCUT2D eigenvalue weighted by Crippen LogP contribution is 2.34. The highest BCUT2D eigenvalue weighted by atomic mass is 16.5. The number of aryl methyl sites for hydroxylation is 1. The number of rotatable bonds is 7. The lowest BCUT2D eigenvalue weighted by Crippen LogP contribution is -2.20. The van der Waals surface area contributed by atoms with Crippen molar-refractivity contribution in [3.05, 3.63) is 88.7 Å². The lowest BCUT2D eigenvalue weighted by atomic mass is 9.94. The van der Waals surface area contributed by atoms with Crippen LogP contribution in [0.3, 0.4) is 0 Å². The Morgan fingerprint density at radius 3 is 2.74 bits per heavy atom. The van der Waals surface area contributed by atoms with E-state index < -0.39 is 0 Å². The average molecular weight is 415 g/mol. The topological polar surface area (TPSA) is 42.4 Å². The number of ether oxygens (including phenoxy) is 1. The summed E-state index contributed by atoms with van der Waals surface area (Å²) >= 11 is 0. The van der Waals surface area contributed by atoms with Crippen LogP contribution in [0.25, 0.3) is 0 Å². The van der Waals surface area contributed by atoms with Gasteiger partial charge >= 0.3 is 0 Å². The van der Waals surface area contributed by atoms with Gasteiger partial charge in [0.2, 0.25) is 0 Å². The van der Waals surface area contributed by atoms with E-state index in [4.69, 9.17) is 4.74 Å². The maximum Gasteiger partial charge on any atom is 0.150 e. The quantitative estimate of drug-likeness (QED) is 0.438. The number of aromatic nitrogens is 1. The fourth-order valence-electron chi connectivity index (χ4n) is 4.41. The second kappa shape index (κ2) is 9.44. The first-order valence-corrected chi connectivity index (χ1v) is 11.0. The summed E-state index contributed by atoms with van der Waals surface area (Å²) in [5, 5.41) is 0. The zero-order valence-electron chi connectivity index (χ0n) is 18.5. The fourth-order valence-corrected chi connectivity index (χ4v) is 4.41. The molecular formula is C27H30N2O2. The molecule has 4 nitrogen and oxygen atoms in total. The third-order valence-electron chi connectivity index (χ3n) is 6.00. The van der Waals surface area contributed by atoms with Crippen molar-refractivity contribution in [2.45, 2.75) is 45.6 Å². The third-order valence-corrected chi connectivity index (χ3v) is 6.00. The van der Waals surface area contributed by atoms with E-state index >= 15 is 0 Å². The monoisotopic (exact) mass is 414 g/mol. The first-order chi connectivity index (χ1) is 15.0. The zero-order valence-corrected chi connectivity index (χ0v) is 18.5. The smallest absolute Gasteiger partial charge is 0.150 e. The summed E-state index contributed by atoms with van der Waals surface area (Å²) in [4.78, 5) is 18.9. The molecular weight excluding hydrogens is 384 g/mol. The lowest BCUT2D eigenvalue weighted by Gasteiger charge is -2.18. The van der Waals surface area contributed by atoms with Crippen LogP contribution < -0.4 is 4.74 Å². The molecule has 1 fully saturated rings. The molecule has 0 aliphatic carbocycles. The summed E-state index contributed by atoms with van der Waals surface area (Å²) in [5.74, 6) is 2.27. The minimum absolute atomic E-state index is 0.349. The Hall–Kier alpha value is -2.98. The Kier molecular flexibility index (Phi) is 6.47. The summed E-state index contributed by atoms with van der Waals surface area (Å²) < 4.78 is 6.16. The maximum atomic E-state index is 11.9. The number of hydrogen-bond acceptors (Lipinski definition) is 4. The molecule has 1 aliphatic heterocycles. The van der Waals surface area contributed by atoms with Crippen molar-refractivity contribution in [1.29, 1.82) is 0 Å². The van der Waals surface area contributed by atoms with Gasteiger partial charge in [0.05, 0.1) is 5.69 Å². The first kappa shape index (κ1) is 21.3. The summed E-state index contributed by atoms with van der Waals surface area (Å²) in [5.41, 5.74) is 5.14. The molecule has 0 bridgehead atoms. The molecule has 31 heavy (non-hydrogen) atoms. The molecule has 4 rings (SSSR count). The molecule has 0 radical (unpaired) electrons. The van der Waals surface area contributed by atoms with E-state index in [1.54, 1.807) is 0 Å². The molecule has 1 saturated heterocycles. The van der Waals surface area contributed by atoms with Crippen LogP contribution in [0.1, 0.15) is 65.0 Å². The zero-order chi connectivity index (χ0) is 21.8. The van der Waals surface area contributed by atoms with Crippen LogP contribution >= 0.6 is 0 Å². The number of likely N-dealkylation sites (tertiary alicyclic amines) is 1. The molecule has 1 atom stereocenters. The minimum atomic E-state index is 0.349. The molecule has 4 heteroatoms. The van der Waals surface area contributed by atoms with E-state index in [-0.39, 0.29) is 0 Å². The maximum absolute atomic E-state index is 11.9. The van der Waals surface area contributed by atoms with Crippen molar-refractivity contribution in [2.24, 2.45) is 0 Å². The van der Waals surface area contributed by atoms with Gasteiger partial charge in [0.25, 0.3) is 0 Å². The number of nitrogens with zero attached hydrogens (tertiary/aromatic N) is 2. The fraction of sp³-hybridized carbons (Fsp3) is 0.333. The Morgan fingerprint density at radius 2 is 1.97 bits per heavy atom. The van der Waals surface area contributed by atoms with E-state index in [1.165, 1.54) is 0 Å². The normalized spacial score (nSPS) is 16.6. The molecule has 1 unspecified atom stereocenters. The number of para-hydroxylation sites is 1. The minimum Gasteiger partial charge on any atom is -0.457 e. The average Bonchev–Trinajstić information content (AvgIpc) is 3.22. The second-order valence-electron chi connectivity index (χ2n) is 8.69. The predicted octanol–water partition coefficient (Wildman–Crippen LogP) is 6.11. The van der Waals surface area contributed by atoms with Crippen molar-refractivity contribution in [3.8, 4) is 11.5 Å². The Bertz CT molecular complexity index is 1060. The van der Waals surface area contributed by atoms with Crippen LogP contribution in [-0.4, -0.2) is 29.3 Å². The van der Waals surface area contributed by atoms with E-state index in [1.807, 2.05) is 43.3 Å². The molecule has 1 aliphatic rings. The Labute approximate surface area is 184 Å². The Balaban J connectivity index is 1.48. The number of aldehydes is 1. The molecule has 2 aromatic carbocycles. The van der Waals surface area contributed by atoms with E-state index in [2.05, 4.69) is 48.0 Å². The first-order valence-electron chi connectivity index (χ1n) is 11.0. The van der Waals surface area contributed by atoms with Gasteiger partial charge in [-0.3, -0.25) is 14.7 Å². The number of hydrogen-bond donors (Lipinski definition) is 0. The predicted molar refractivity (Wildman–Crippen MR) is 124 cm³/mol. The van der Waals surface area contributed by atoms with E-state index in [9.17, 15) is 4.79 Å². The molecule has 1 aromatic heterocycles. The van der Waals surface area contributed by atoms with Crippen molar-refractivity contribution in [2.75, 3.05) is 13.1 Å². The van der Waals surface area contributed by atoms with Crippen molar-refractivity contribution < 1.29 is 9.53 Å². The van der Waals surface area contributed by atoms with Gasteiger partial charge in [0.15, 0.2) is 0 Å². The van der Waals surface area contributed by atoms with Crippen LogP contribution in [0.4, 0.5) is 0 Å². The molecule has 0 spiro atoms. The number of carbonyl (C=O) groups is 1. The van der Waals surface area contributed by atoms with Crippen molar-refractivity contribution in [1.82, 2.24) is 9.88 Å². The summed E-state index contributed by atoms with van der Waals surface area (Å²) in [6.07, 6.45) is 2.00. The van der Waals surface area contributed by atoms with Gasteiger partial charge in [0.1, 0.15) is 17.8 Å². The van der Waals surface area contributed by atoms with Crippen LogP contribution in [0.15, 0.2) is 60.7 Å². The largest absolute Gasteiger partial charge is 0.457 e. The number of pyridine rings is 1. The molecule has 2 heterocycles. The molecule has 0 saturated carbocycles. The highest BCUT2D eigenvalue weighted by molar-refractivity contribution is 5.78. The number of benzene rings is 2. The molecule has 0 N–H and O–H groups in total. The SMILES string of the molecule is Cc1cccc(CN2CCC(c3ccc(Oc4ccccc4C(C)C)cc3C=O)C2)n1. The third kappa shape index (κ3) is 5.02. The van der Waals surface area contributed by atoms with Gasteiger partial charge < -0.3 is 4.74 Å². The van der Waals surface area contributed by atoms with E-state index in [0.717, 1.165) is 66.2 Å². The molecule has 160 valence electrons. The summed E-state index contributed by atoms with van der Waals surface area (Å²) in [7, 11) is 0. The van der Waals surface area contributed by atoms with Crippen molar-refractivity contribution >= 4 is 6.29 Å². The summed E-state index contributed by atoms with van der Waals surface area (Å²) in [6, 6.07) is 20.2. The van der Waals surface area contributed by atoms with Crippen LogP contribution in [0.5, 0.6) is 11.5 Å². The lowest BCUT2D eigenvalue weighted by molar-refractivity contribution is 0.112. The van der Waals surface area contributed by atoms with Gasteiger partial charge in [0, 0.05) is 24.3 Å². The highest BCUT2D eigenvalue weighted by Gasteiger charge is 2.26. The molecule has 3 aromatic rings. The number of carbonyl (C=O) groups excluding carboxylic acids is 1. The van der Waals surface area contributed by atoms with Crippen LogP contribution in [-0.2, 0) is 6.54 Å². The Morgan fingerprint density at radius 1 is 1.13 bits per heavy atom.